The van der Waals surface area contributed by atoms with Crippen molar-refractivity contribution in [3.8, 4) is 11.3 Å². The minimum Gasteiger partial charge on any atom is -0.368 e. The number of aromatic nitrogens is 5. The first-order valence-electron chi connectivity index (χ1n) is 11.4. The van der Waals surface area contributed by atoms with Gasteiger partial charge in [0.2, 0.25) is 5.95 Å². The maximum atomic E-state index is 14.9. The monoisotopic (exact) mass is 444 g/mol. The highest BCUT2D eigenvalue weighted by atomic mass is 19.1. The van der Waals surface area contributed by atoms with Gasteiger partial charge >= 0.3 is 0 Å². The number of anilines is 3. The highest BCUT2D eigenvalue weighted by molar-refractivity contribution is 5.83. The Balaban J connectivity index is 1.27. The molecule has 8 nitrogen and oxygen atoms in total. The third-order valence-electron chi connectivity index (χ3n) is 6.47. The lowest BCUT2D eigenvalue weighted by Gasteiger charge is -2.29. The fourth-order valence-electron chi connectivity index (χ4n) is 4.75. The Labute approximate surface area is 190 Å². The summed E-state index contributed by atoms with van der Waals surface area (Å²) in [4.78, 5) is 20.3. The number of benzene rings is 1. The fourth-order valence-corrected chi connectivity index (χ4v) is 4.75. The molecule has 1 fully saturated rings. The summed E-state index contributed by atoms with van der Waals surface area (Å²) in [7, 11) is 0. The van der Waals surface area contributed by atoms with Crippen LogP contribution in [0.25, 0.3) is 22.3 Å². The molecule has 0 saturated carbocycles. The molecule has 0 amide bonds. The van der Waals surface area contributed by atoms with Crippen LogP contribution in [0, 0.1) is 5.82 Å². The summed E-state index contributed by atoms with van der Waals surface area (Å²) in [5.41, 5.74) is 3.70. The van der Waals surface area contributed by atoms with Gasteiger partial charge in [0.05, 0.1) is 23.1 Å². The normalized spacial score (nSPS) is 18.0. The standard InChI is InChI=1S/C24H25FN8/c1-15-2-5-22-31-23-18(25)12-16(13-20(23)33(15)22)19-6-7-27-24(29-19)30-21-4-3-17(14-28-21)32-10-8-26-9-11-32/h3-4,6-7,12-15,26H,2,5,8-11H2,1H3,(H,27,28,29,30). The number of halogens is 1. The molecule has 1 atom stereocenters. The molecule has 9 heteroatoms. The van der Waals surface area contributed by atoms with Gasteiger partial charge < -0.3 is 20.1 Å². The Hall–Kier alpha value is -3.59. The summed E-state index contributed by atoms with van der Waals surface area (Å²) < 4.78 is 17.0. The minimum absolute atomic E-state index is 0.317. The first kappa shape index (κ1) is 20.0. The van der Waals surface area contributed by atoms with Gasteiger partial charge in [0.1, 0.15) is 17.2 Å². The molecule has 0 spiro atoms. The third kappa shape index (κ3) is 3.68. The van der Waals surface area contributed by atoms with E-state index >= 15 is 0 Å². The van der Waals surface area contributed by atoms with Crippen LogP contribution < -0.4 is 15.5 Å². The van der Waals surface area contributed by atoms with E-state index in [0.29, 0.717) is 34.6 Å². The van der Waals surface area contributed by atoms with Gasteiger partial charge in [-0.1, -0.05) is 0 Å². The van der Waals surface area contributed by atoms with Crippen LogP contribution in [-0.4, -0.2) is 50.7 Å². The molecule has 6 rings (SSSR count). The molecule has 1 aromatic carbocycles. The summed E-state index contributed by atoms with van der Waals surface area (Å²) in [6.45, 7) is 6.05. The van der Waals surface area contributed by atoms with Gasteiger partial charge in [0.15, 0.2) is 5.82 Å². The molecule has 168 valence electrons. The van der Waals surface area contributed by atoms with Gasteiger partial charge in [0, 0.05) is 50.4 Å². The molecule has 2 N–H and O–H groups in total. The largest absolute Gasteiger partial charge is 0.368 e. The summed E-state index contributed by atoms with van der Waals surface area (Å²) in [5.74, 6) is 1.71. The Morgan fingerprint density at radius 2 is 1.97 bits per heavy atom. The van der Waals surface area contributed by atoms with Crippen LogP contribution in [0.2, 0.25) is 0 Å². The number of hydrogen-bond acceptors (Lipinski definition) is 7. The summed E-state index contributed by atoms with van der Waals surface area (Å²) in [6.07, 6.45) is 5.45. The number of nitrogens with zero attached hydrogens (tertiary/aromatic N) is 6. The molecule has 3 aromatic heterocycles. The van der Waals surface area contributed by atoms with E-state index in [9.17, 15) is 4.39 Å². The van der Waals surface area contributed by atoms with Crippen LogP contribution in [0.15, 0.2) is 42.7 Å². The van der Waals surface area contributed by atoms with E-state index in [0.717, 1.165) is 56.0 Å². The van der Waals surface area contributed by atoms with Crippen molar-refractivity contribution in [2.24, 2.45) is 0 Å². The molecular weight excluding hydrogens is 419 g/mol. The highest BCUT2D eigenvalue weighted by Gasteiger charge is 2.24. The second-order valence-electron chi connectivity index (χ2n) is 8.64. The zero-order valence-electron chi connectivity index (χ0n) is 18.4. The number of aryl methyl sites for hydroxylation is 1. The lowest BCUT2D eigenvalue weighted by atomic mass is 10.1. The Morgan fingerprint density at radius 1 is 1.09 bits per heavy atom. The van der Waals surface area contributed by atoms with Crippen LogP contribution in [0.1, 0.15) is 25.2 Å². The maximum absolute atomic E-state index is 14.9. The number of piperazine rings is 1. The van der Waals surface area contributed by atoms with Crippen molar-refractivity contribution < 1.29 is 4.39 Å². The first-order valence-corrected chi connectivity index (χ1v) is 11.4. The highest BCUT2D eigenvalue weighted by Crippen LogP contribution is 2.34. The van der Waals surface area contributed by atoms with Gasteiger partial charge in [-0.2, -0.15) is 0 Å². The predicted molar refractivity (Wildman–Crippen MR) is 126 cm³/mol. The number of pyridine rings is 1. The van der Waals surface area contributed by atoms with Crippen molar-refractivity contribution in [2.45, 2.75) is 25.8 Å². The molecule has 5 heterocycles. The van der Waals surface area contributed by atoms with Gasteiger partial charge in [-0.05, 0) is 43.7 Å². The first-order chi connectivity index (χ1) is 16.2. The average Bonchev–Trinajstić information content (AvgIpc) is 3.40. The van der Waals surface area contributed by atoms with E-state index in [1.807, 2.05) is 18.3 Å². The topological polar surface area (TPSA) is 83.8 Å². The van der Waals surface area contributed by atoms with Crippen LogP contribution in [0.5, 0.6) is 0 Å². The molecule has 4 aromatic rings. The van der Waals surface area contributed by atoms with Gasteiger partial charge in [0.25, 0.3) is 0 Å². The zero-order chi connectivity index (χ0) is 22.4. The van der Waals surface area contributed by atoms with Crippen molar-refractivity contribution in [3.05, 3.63) is 54.4 Å². The smallest absolute Gasteiger partial charge is 0.228 e. The third-order valence-corrected chi connectivity index (χ3v) is 6.47. The van der Waals surface area contributed by atoms with Crippen molar-refractivity contribution in [1.29, 1.82) is 0 Å². The number of imidazole rings is 1. The summed E-state index contributed by atoms with van der Waals surface area (Å²) in [6, 6.07) is 9.56. The minimum atomic E-state index is -0.324. The van der Waals surface area contributed by atoms with E-state index in [-0.39, 0.29) is 5.82 Å². The van der Waals surface area contributed by atoms with Crippen molar-refractivity contribution in [1.82, 2.24) is 29.8 Å². The van der Waals surface area contributed by atoms with Crippen LogP contribution in [0.3, 0.4) is 0 Å². The summed E-state index contributed by atoms with van der Waals surface area (Å²) in [5, 5.41) is 6.52. The second kappa shape index (κ2) is 8.08. The van der Waals surface area contributed by atoms with Crippen molar-refractivity contribution >= 4 is 28.5 Å². The molecule has 0 aliphatic carbocycles. The molecule has 1 unspecified atom stereocenters. The van der Waals surface area contributed by atoms with Crippen LogP contribution in [0.4, 0.5) is 21.8 Å². The number of hydrogen-bond donors (Lipinski definition) is 2. The van der Waals surface area contributed by atoms with E-state index < -0.39 is 0 Å². The fraction of sp³-hybridized carbons (Fsp3) is 0.333. The Kier molecular flexibility index (Phi) is 4.91. The van der Waals surface area contributed by atoms with Crippen molar-refractivity contribution in [2.75, 3.05) is 36.4 Å². The van der Waals surface area contributed by atoms with Gasteiger partial charge in [-0.15, -0.1) is 0 Å². The van der Waals surface area contributed by atoms with E-state index in [1.165, 1.54) is 6.07 Å². The predicted octanol–water partition coefficient (Wildman–Crippen LogP) is 3.69. The zero-order valence-corrected chi connectivity index (χ0v) is 18.4. The van der Waals surface area contributed by atoms with Crippen LogP contribution in [-0.2, 0) is 6.42 Å². The van der Waals surface area contributed by atoms with Crippen molar-refractivity contribution in [3.63, 3.8) is 0 Å². The lowest BCUT2D eigenvalue weighted by Crippen LogP contribution is -2.43. The van der Waals surface area contributed by atoms with E-state index in [1.54, 1.807) is 12.3 Å². The quantitative estimate of drug-likeness (QED) is 0.497. The van der Waals surface area contributed by atoms with Gasteiger partial charge in [-0.25, -0.2) is 24.3 Å². The maximum Gasteiger partial charge on any atom is 0.228 e. The molecule has 33 heavy (non-hydrogen) atoms. The molecular formula is C24H25FN8. The molecule has 1 saturated heterocycles. The number of rotatable bonds is 4. The summed E-state index contributed by atoms with van der Waals surface area (Å²) >= 11 is 0. The van der Waals surface area contributed by atoms with Crippen LogP contribution >= 0.6 is 0 Å². The molecule has 0 bridgehead atoms. The second-order valence-corrected chi connectivity index (χ2v) is 8.64. The molecule has 2 aliphatic rings. The van der Waals surface area contributed by atoms with E-state index in [2.05, 4.69) is 53.0 Å². The van der Waals surface area contributed by atoms with Gasteiger partial charge in [-0.3, -0.25) is 0 Å². The number of nitrogens with one attached hydrogen (secondary N) is 2. The Bertz CT molecular complexity index is 1310. The van der Waals surface area contributed by atoms with E-state index in [4.69, 9.17) is 0 Å². The molecule has 2 aliphatic heterocycles. The number of fused-ring (bicyclic) bond motifs is 3. The molecule has 0 radical (unpaired) electrons. The average molecular weight is 445 g/mol. The SMILES string of the molecule is CC1CCc2nc3c(F)cc(-c4ccnc(Nc5ccc(N6CCNCC6)cn5)n4)cc3n21. The Morgan fingerprint density at radius 3 is 2.79 bits per heavy atom. The lowest BCUT2D eigenvalue weighted by molar-refractivity contribution is 0.589.